The van der Waals surface area contributed by atoms with Crippen LogP contribution < -0.4 is 10.0 Å². The molecule has 3 heterocycles. The van der Waals surface area contributed by atoms with E-state index in [1.165, 1.54) is 6.26 Å². The lowest BCUT2D eigenvalue weighted by molar-refractivity contribution is 0.0278. The van der Waals surface area contributed by atoms with Crippen molar-refractivity contribution in [2.75, 3.05) is 23.1 Å². The van der Waals surface area contributed by atoms with Gasteiger partial charge in [-0.3, -0.25) is 0 Å². The number of aromatic nitrogens is 3. The Bertz CT molecular complexity index is 1460. The zero-order valence-corrected chi connectivity index (χ0v) is 21.7. The minimum atomic E-state index is -3.21. The summed E-state index contributed by atoms with van der Waals surface area (Å²) in [6.07, 6.45) is 8.26. The van der Waals surface area contributed by atoms with E-state index in [0.717, 1.165) is 42.1 Å². The number of fused-ring (bicyclic) bond motifs is 1. The van der Waals surface area contributed by atoms with Crippen molar-refractivity contribution in [1.82, 2.24) is 19.3 Å². The van der Waals surface area contributed by atoms with Crippen LogP contribution >= 0.6 is 0 Å². The number of hydrogen-bond donors (Lipinski definition) is 3. The summed E-state index contributed by atoms with van der Waals surface area (Å²) in [5.74, 6) is 1.13. The average molecular weight is 534 g/mol. The van der Waals surface area contributed by atoms with Crippen molar-refractivity contribution in [3.63, 3.8) is 0 Å². The van der Waals surface area contributed by atoms with Crippen molar-refractivity contribution in [2.24, 2.45) is 0 Å². The molecule has 1 saturated carbocycles. The van der Waals surface area contributed by atoms with Gasteiger partial charge in [0.1, 0.15) is 5.82 Å². The summed E-state index contributed by atoms with van der Waals surface area (Å²) in [6.45, 7) is 0. The number of sulfone groups is 1. The molecule has 3 aromatic rings. The zero-order valence-electron chi connectivity index (χ0n) is 20.1. The fraction of sp³-hybridized carbons (Fsp3) is 0.500. The first kappa shape index (κ1) is 25.1. The van der Waals surface area contributed by atoms with Gasteiger partial charge in [-0.1, -0.05) is 12.1 Å². The number of benzene rings is 1. The van der Waals surface area contributed by atoms with Crippen LogP contribution in [0, 0.1) is 0 Å². The topological polar surface area (TPSA) is 143 Å². The third kappa shape index (κ3) is 5.41. The van der Waals surface area contributed by atoms with Crippen LogP contribution in [-0.2, 0) is 25.5 Å². The molecule has 3 N–H and O–H groups in total. The monoisotopic (exact) mass is 533 g/mol. The first-order chi connectivity index (χ1) is 17.0. The molecule has 1 aliphatic carbocycles. The molecule has 0 amide bonds. The van der Waals surface area contributed by atoms with Gasteiger partial charge in [-0.15, -0.1) is 0 Å². The highest BCUT2D eigenvalue weighted by atomic mass is 32.2. The van der Waals surface area contributed by atoms with Gasteiger partial charge < -0.3 is 15.0 Å². The van der Waals surface area contributed by atoms with E-state index in [1.807, 2.05) is 41.1 Å². The highest BCUT2D eigenvalue weighted by Gasteiger charge is 2.38. The van der Waals surface area contributed by atoms with Gasteiger partial charge in [0.25, 0.3) is 0 Å². The molecule has 2 fully saturated rings. The predicted octanol–water partition coefficient (Wildman–Crippen LogP) is 2.09. The van der Waals surface area contributed by atoms with Crippen LogP contribution in [-0.4, -0.2) is 66.3 Å². The minimum absolute atomic E-state index is 0.0201. The number of rotatable bonds is 6. The molecule has 5 rings (SSSR count). The lowest BCUT2D eigenvalue weighted by atomic mass is 9.86. The van der Waals surface area contributed by atoms with E-state index in [1.54, 1.807) is 6.20 Å². The van der Waals surface area contributed by atoms with E-state index < -0.39 is 25.5 Å². The fourth-order valence-corrected chi connectivity index (χ4v) is 7.65. The largest absolute Gasteiger partial charge is 0.385 e. The van der Waals surface area contributed by atoms with Crippen LogP contribution in [0.2, 0.25) is 0 Å². The molecule has 0 atom stereocenters. The van der Waals surface area contributed by atoms with E-state index in [4.69, 9.17) is 4.98 Å². The Labute approximate surface area is 211 Å². The number of nitrogens with one attached hydrogen (secondary N) is 2. The number of anilines is 1. The highest BCUT2D eigenvalue weighted by Crippen LogP contribution is 2.38. The van der Waals surface area contributed by atoms with Crippen molar-refractivity contribution < 1.29 is 21.9 Å². The molecule has 0 bridgehead atoms. The summed E-state index contributed by atoms with van der Waals surface area (Å²) in [7, 11) is -6.31. The summed E-state index contributed by atoms with van der Waals surface area (Å²) in [4.78, 5) is 9.08. The van der Waals surface area contributed by atoms with Gasteiger partial charge in [-0.25, -0.2) is 26.5 Å². The molecular formula is C24H31N5O5S2. The standard InChI is InChI=1S/C24H31N5O5S2/c1-35(31,32)28-18-7-5-17(6-8-18)26-23-25-13-9-22(27-23)29-14-10-19-20(3-2-4-21(19)29)24(30)11-15-36(33,34)16-12-24/h2-4,9-10,13-14,17-18,28,30H,5-8,11-12,15-16H2,1H3,(H,25,26,27). The third-order valence-electron chi connectivity index (χ3n) is 7.22. The average Bonchev–Trinajstić information content (AvgIpc) is 3.26. The minimum Gasteiger partial charge on any atom is -0.385 e. The quantitative estimate of drug-likeness (QED) is 0.437. The number of hydrogen-bond acceptors (Lipinski definition) is 8. The lowest BCUT2D eigenvalue weighted by Gasteiger charge is -2.33. The van der Waals surface area contributed by atoms with E-state index in [-0.39, 0.29) is 36.4 Å². The number of aliphatic hydroxyl groups is 1. The van der Waals surface area contributed by atoms with Crippen molar-refractivity contribution >= 4 is 36.7 Å². The Kier molecular flexibility index (Phi) is 6.56. The molecule has 12 heteroatoms. The Morgan fingerprint density at radius 2 is 1.75 bits per heavy atom. The molecule has 1 aliphatic heterocycles. The maximum atomic E-state index is 11.9. The van der Waals surface area contributed by atoms with Crippen molar-refractivity contribution in [3.8, 4) is 5.82 Å². The van der Waals surface area contributed by atoms with Crippen LogP contribution in [0.1, 0.15) is 44.1 Å². The van der Waals surface area contributed by atoms with Crippen molar-refractivity contribution in [2.45, 2.75) is 56.2 Å². The smallest absolute Gasteiger partial charge is 0.224 e. The van der Waals surface area contributed by atoms with E-state index in [9.17, 15) is 21.9 Å². The Balaban J connectivity index is 1.34. The summed E-state index contributed by atoms with van der Waals surface area (Å²) < 4.78 is 51.4. The molecule has 10 nitrogen and oxygen atoms in total. The molecule has 0 radical (unpaired) electrons. The van der Waals surface area contributed by atoms with Crippen molar-refractivity contribution in [3.05, 3.63) is 48.3 Å². The van der Waals surface area contributed by atoms with Crippen LogP contribution in [0.25, 0.3) is 16.7 Å². The number of sulfonamides is 1. The maximum Gasteiger partial charge on any atom is 0.224 e. The summed E-state index contributed by atoms with van der Waals surface area (Å²) in [5, 5.41) is 15.6. The summed E-state index contributed by atoms with van der Waals surface area (Å²) >= 11 is 0. The predicted molar refractivity (Wildman–Crippen MR) is 138 cm³/mol. The van der Waals surface area contributed by atoms with Crippen LogP contribution in [0.5, 0.6) is 0 Å². The van der Waals surface area contributed by atoms with E-state index in [0.29, 0.717) is 11.8 Å². The number of nitrogens with zero attached hydrogens (tertiary/aromatic N) is 3. The molecule has 2 aliphatic rings. The summed E-state index contributed by atoms with van der Waals surface area (Å²) in [6, 6.07) is 9.55. The Hall–Kier alpha value is -2.54. The molecule has 0 spiro atoms. The van der Waals surface area contributed by atoms with Gasteiger partial charge in [0.05, 0.1) is 28.9 Å². The molecule has 1 aromatic carbocycles. The van der Waals surface area contributed by atoms with Crippen LogP contribution in [0.15, 0.2) is 42.7 Å². The van der Waals surface area contributed by atoms with Gasteiger partial charge in [-0.05, 0) is 62.3 Å². The van der Waals surface area contributed by atoms with Gasteiger partial charge >= 0.3 is 0 Å². The SMILES string of the molecule is CS(=O)(=O)NC1CCC(Nc2nccc(-n3ccc4c(C5(O)CCS(=O)(=O)CC5)cccc43)n2)CC1. The maximum absolute atomic E-state index is 11.9. The molecule has 0 unspecified atom stereocenters. The molecule has 194 valence electrons. The molecule has 2 aromatic heterocycles. The van der Waals surface area contributed by atoms with Gasteiger partial charge in [-0.2, -0.15) is 4.98 Å². The van der Waals surface area contributed by atoms with Crippen molar-refractivity contribution in [1.29, 1.82) is 0 Å². The van der Waals surface area contributed by atoms with Crippen LogP contribution in [0.3, 0.4) is 0 Å². The van der Waals surface area contributed by atoms with Gasteiger partial charge in [0.15, 0.2) is 9.84 Å². The molecule has 36 heavy (non-hydrogen) atoms. The molecular weight excluding hydrogens is 502 g/mol. The van der Waals surface area contributed by atoms with Gasteiger partial charge in [0.2, 0.25) is 16.0 Å². The third-order valence-corrected chi connectivity index (χ3v) is 9.63. The Morgan fingerprint density at radius 3 is 2.44 bits per heavy atom. The summed E-state index contributed by atoms with van der Waals surface area (Å²) in [5.41, 5.74) is 0.423. The van der Waals surface area contributed by atoms with E-state index >= 15 is 0 Å². The second-order valence-corrected chi connectivity index (χ2v) is 14.0. The zero-order chi connectivity index (χ0) is 25.6. The highest BCUT2D eigenvalue weighted by molar-refractivity contribution is 7.91. The first-order valence-corrected chi connectivity index (χ1v) is 15.8. The Morgan fingerprint density at radius 1 is 1.06 bits per heavy atom. The second kappa shape index (κ2) is 9.40. The normalized spacial score (nSPS) is 23.9. The second-order valence-electron chi connectivity index (χ2n) is 9.93. The molecule has 1 saturated heterocycles. The lowest BCUT2D eigenvalue weighted by Crippen LogP contribution is -2.39. The van der Waals surface area contributed by atoms with E-state index in [2.05, 4.69) is 15.0 Å². The fourth-order valence-electron chi connectivity index (χ4n) is 5.31. The first-order valence-electron chi connectivity index (χ1n) is 12.1. The van der Waals surface area contributed by atoms with Crippen LogP contribution in [0.4, 0.5) is 5.95 Å². The van der Waals surface area contributed by atoms with Gasteiger partial charge in [0, 0.05) is 29.9 Å².